The maximum atomic E-state index is 5.32. The van der Waals surface area contributed by atoms with Crippen molar-refractivity contribution in [3.05, 3.63) is 12.2 Å². The Labute approximate surface area is 88.8 Å². The first-order valence-corrected chi connectivity index (χ1v) is 5.63. The summed E-state index contributed by atoms with van der Waals surface area (Å²) in [7, 11) is 0. The number of hydrogen-bond donors (Lipinski definition) is 1. The second kappa shape index (κ2) is 3.90. The van der Waals surface area contributed by atoms with Crippen molar-refractivity contribution in [3.63, 3.8) is 0 Å². The van der Waals surface area contributed by atoms with E-state index in [1.807, 2.05) is 11.0 Å². The fourth-order valence-electron chi connectivity index (χ4n) is 1.82. The molecule has 0 radical (unpaired) electrons. The fourth-order valence-corrected chi connectivity index (χ4v) is 1.82. The van der Waals surface area contributed by atoms with E-state index in [0.29, 0.717) is 12.1 Å². The van der Waals surface area contributed by atoms with Crippen molar-refractivity contribution >= 4 is 0 Å². The van der Waals surface area contributed by atoms with E-state index >= 15 is 0 Å². The molecular formula is C10H16N4O. The first-order chi connectivity index (χ1) is 7.42. The lowest BCUT2D eigenvalue weighted by Gasteiger charge is -2.05. The van der Waals surface area contributed by atoms with Crippen LogP contribution in [0.25, 0.3) is 0 Å². The summed E-state index contributed by atoms with van der Waals surface area (Å²) in [5.74, 6) is 0.897. The minimum atomic E-state index is 0.396. The van der Waals surface area contributed by atoms with Crippen LogP contribution in [-0.2, 0) is 11.3 Å². The van der Waals surface area contributed by atoms with E-state index in [2.05, 4.69) is 15.4 Å². The molecule has 1 saturated heterocycles. The van der Waals surface area contributed by atoms with Crippen LogP contribution in [-0.4, -0.2) is 34.0 Å². The molecule has 1 aliphatic carbocycles. The van der Waals surface area contributed by atoms with Gasteiger partial charge in [0.15, 0.2) is 5.82 Å². The van der Waals surface area contributed by atoms with E-state index in [1.165, 1.54) is 12.8 Å². The summed E-state index contributed by atoms with van der Waals surface area (Å²) in [5.41, 5.74) is 0. The predicted molar refractivity (Wildman–Crippen MR) is 54.4 cm³/mol. The Kier molecular flexibility index (Phi) is 2.42. The molecule has 1 aromatic heterocycles. The molecule has 2 heterocycles. The highest BCUT2D eigenvalue weighted by Crippen LogP contribution is 2.19. The van der Waals surface area contributed by atoms with Crippen LogP contribution in [0, 0.1) is 0 Å². The summed E-state index contributed by atoms with van der Waals surface area (Å²) in [6, 6.07) is 1.11. The highest BCUT2D eigenvalue weighted by atomic mass is 16.5. The van der Waals surface area contributed by atoms with Crippen molar-refractivity contribution in [1.82, 2.24) is 20.1 Å². The molecule has 5 nitrogen and oxygen atoms in total. The van der Waals surface area contributed by atoms with Gasteiger partial charge in [-0.25, -0.2) is 9.67 Å². The number of hydrogen-bond acceptors (Lipinski definition) is 4. The van der Waals surface area contributed by atoms with Crippen molar-refractivity contribution in [3.8, 4) is 0 Å². The third-order valence-corrected chi connectivity index (χ3v) is 2.96. The van der Waals surface area contributed by atoms with Gasteiger partial charge in [-0.3, -0.25) is 0 Å². The third-order valence-electron chi connectivity index (χ3n) is 2.96. The Bertz CT molecular complexity index is 328. The van der Waals surface area contributed by atoms with E-state index in [9.17, 15) is 0 Å². The number of rotatable bonds is 4. The number of aromatic nitrogens is 3. The molecule has 15 heavy (non-hydrogen) atoms. The van der Waals surface area contributed by atoms with Crippen LogP contribution in [0.1, 0.15) is 31.1 Å². The highest BCUT2D eigenvalue weighted by Gasteiger charge is 2.22. The topological polar surface area (TPSA) is 52.0 Å². The lowest BCUT2D eigenvalue weighted by Crippen LogP contribution is -2.17. The summed E-state index contributed by atoms with van der Waals surface area (Å²) < 4.78 is 7.27. The third kappa shape index (κ3) is 2.18. The van der Waals surface area contributed by atoms with Crippen LogP contribution < -0.4 is 5.32 Å². The van der Waals surface area contributed by atoms with Crippen molar-refractivity contribution in [1.29, 1.82) is 0 Å². The zero-order chi connectivity index (χ0) is 10.1. The standard InChI is InChI=1S/C10H16N4O/c1-2-8(1)11-5-10-12-7-14(13-10)9-3-4-15-6-9/h7-9,11H,1-6H2. The van der Waals surface area contributed by atoms with Crippen LogP contribution in [0.4, 0.5) is 0 Å². The van der Waals surface area contributed by atoms with Crippen molar-refractivity contribution in [2.45, 2.75) is 37.9 Å². The lowest BCUT2D eigenvalue weighted by molar-refractivity contribution is 0.184. The van der Waals surface area contributed by atoms with E-state index in [1.54, 1.807) is 0 Å². The van der Waals surface area contributed by atoms with Gasteiger partial charge in [0.1, 0.15) is 6.33 Å². The van der Waals surface area contributed by atoms with E-state index in [4.69, 9.17) is 4.74 Å². The molecule has 5 heteroatoms. The summed E-state index contributed by atoms with van der Waals surface area (Å²) in [6.07, 6.45) is 5.48. The molecule has 1 unspecified atom stereocenters. The number of ether oxygens (including phenoxy) is 1. The van der Waals surface area contributed by atoms with Gasteiger partial charge in [-0.15, -0.1) is 0 Å². The molecule has 82 valence electrons. The zero-order valence-corrected chi connectivity index (χ0v) is 8.72. The Morgan fingerprint density at radius 1 is 1.47 bits per heavy atom. The molecular weight excluding hydrogens is 192 g/mol. The fraction of sp³-hybridized carbons (Fsp3) is 0.800. The minimum absolute atomic E-state index is 0.396. The van der Waals surface area contributed by atoms with Gasteiger partial charge in [0.25, 0.3) is 0 Å². The molecule has 0 bridgehead atoms. The van der Waals surface area contributed by atoms with Crippen molar-refractivity contribution < 1.29 is 4.74 Å². The Balaban J connectivity index is 1.59. The molecule has 2 aliphatic rings. The molecule has 0 aromatic carbocycles. The Hall–Kier alpha value is -0.940. The van der Waals surface area contributed by atoms with E-state index < -0.39 is 0 Å². The molecule has 2 fully saturated rings. The summed E-state index contributed by atoms with van der Waals surface area (Å²) in [6.45, 7) is 2.42. The maximum Gasteiger partial charge on any atom is 0.164 e. The molecule has 1 aromatic rings. The molecule has 0 amide bonds. The van der Waals surface area contributed by atoms with Gasteiger partial charge in [-0.1, -0.05) is 0 Å². The lowest BCUT2D eigenvalue weighted by atomic mass is 10.3. The van der Waals surface area contributed by atoms with Gasteiger partial charge in [-0.05, 0) is 19.3 Å². The summed E-state index contributed by atoms with van der Waals surface area (Å²) in [5, 5.41) is 7.86. The zero-order valence-electron chi connectivity index (χ0n) is 8.72. The monoisotopic (exact) mass is 208 g/mol. The van der Waals surface area contributed by atoms with Gasteiger partial charge in [-0.2, -0.15) is 5.10 Å². The molecule has 0 spiro atoms. The molecule has 1 N–H and O–H groups in total. The normalized spacial score (nSPS) is 26.0. The number of nitrogens with zero attached hydrogens (tertiary/aromatic N) is 3. The first kappa shape index (κ1) is 9.30. The average molecular weight is 208 g/mol. The second-order valence-electron chi connectivity index (χ2n) is 4.31. The second-order valence-corrected chi connectivity index (χ2v) is 4.31. The first-order valence-electron chi connectivity index (χ1n) is 5.63. The largest absolute Gasteiger partial charge is 0.379 e. The van der Waals surface area contributed by atoms with Crippen molar-refractivity contribution in [2.75, 3.05) is 13.2 Å². The van der Waals surface area contributed by atoms with Gasteiger partial charge < -0.3 is 10.1 Å². The van der Waals surface area contributed by atoms with E-state index in [0.717, 1.165) is 32.0 Å². The highest BCUT2D eigenvalue weighted by molar-refractivity contribution is 4.88. The van der Waals surface area contributed by atoms with Gasteiger partial charge in [0.2, 0.25) is 0 Å². The minimum Gasteiger partial charge on any atom is -0.379 e. The molecule has 1 atom stereocenters. The van der Waals surface area contributed by atoms with Gasteiger partial charge in [0.05, 0.1) is 19.2 Å². The van der Waals surface area contributed by atoms with Gasteiger partial charge >= 0.3 is 0 Å². The number of nitrogens with one attached hydrogen (secondary N) is 1. The quantitative estimate of drug-likeness (QED) is 0.782. The van der Waals surface area contributed by atoms with Crippen LogP contribution in [0.15, 0.2) is 6.33 Å². The van der Waals surface area contributed by atoms with Crippen molar-refractivity contribution in [2.24, 2.45) is 0 Å². The van der Waals surface area contributed by atoms with Gasteiger partial charge in [0, 0.05) is 12.6 Å². The smallest absolute Gasteiger partial charge is 0.164 e. The summed E-state index contributed by atoms with van der Waals surface area (Å²) >= 11 is 0. The molecule has 1 saturated carbocycles. The summed E-state index contributed by atoms with van der Waals surface area (Å²) in [4.78, 5) is 4.29. The molecule has 3 rings (SSSR count). The predicted octanol–water partition coefficient (Wildman–Crippen LogP) is 0.491. The van der Waals surface area contributed by atoms with Crippen LogP contribution in [0.5, 0.6) is 0 Å². The maximum absolute atomic E-state index is 5.32. The Morgan fingerprint density at radius 3 is 3.13 bits per heavy atom. The average Bonchev–Trinajstić information content (AvgIpc) is 2.78. The van der Waals surface area contributed by atoms with Crippen LogP contribution in [0.2, 0.25) is 0 Å². The SMILES string of the molecule is c1nc(CNC2CC2)nn1C1CCOC1. The van der Waals surface area contributed by atoms with E-state index in [-0.39, 0.29) is 0 Å². The Morgan fingerprint density at radius 2 is 2.40 bits per heavy atom. The molecule has 1 aliphatic heterocycles. The van der Waals surface area contributed by atoms with Crippen LogP contribution in [0.3, 0.4) is 0 Å². The van der Waals surface area contributed by atoms with Crippen LogP contribution >= 0.6 is 0 Å².